The van der Waals surface area contributed by atoms with Gasteiger partial charge in [0.1, 0.15) is 0 Å². The van der Waals surface area contributed by atoms with Crippen LogP contribution < -0.4 is 34.4 Å². The van der Waals surface area contributed by atoms with Crippen molar-refractivity contribution in [3.63, 3.8) is 0 Å². The molecule has 12 N–H and O–H groups in total. The minimum Gasteiger partial charge on any atom is -0.368 e. The highest BCUT2D eigenvalue weighted by atomic mass is 15.2. The monoisotopic (exact) mass is 252 g/mol. The van der Waals surface area contributed by atoms with Gasteiger partial charge >= 0.3 is 0 Å². The first-order valence-corrected chi connectivity index (χ1v) is 3.74. The first-order chi connectivity index (χ1) is 8.42. The van der Waals surface area contributed by atoms with E-state index in [0.717, 1.165) is 0 Å². The van der Waals surface area contributed by atoms with E-state index in [1.54, 1.807) is 0 Å². The van der Waals surface area contributed by atoms with Crippen LogP contribution >= 0.6 is 0 Å². The fourth-order valence-electron chi connectivity index (χ4n) is 0.427. The Morgan fingerprint density at radius 2 is 0.722 bits per heavy atom. The highest BCUT2D eigenvalue weighted by Gasteiger charge is 1.93. The lowest BCUT2D eigenvalue weighted by Crippen LogP contribution is -2.05. The molecule has 0 aromatic carbocycles. The summed E-state index contributed by atoms with van der Waals surface area (Å²) in [4.78, 5) is 10.5. The quantitative estimate of drug-likeness (QED) is 0.198. The number of nitrogens with zero attached hydrogens (tertiary/aromatic N) is 6. The van der Waals surface area contributed by atoms with Gasteiger partial charge in [0.2, 0.25) is 17.8 Å². The van der Waals surface area contributed by atoms with Crippen LogP contribution in [0.15, 0.2) is 0 Å². The SMILES string of the molecule is N#CN.N#CN.N#CN.Nc1nc(N)nc(N)n1. The lowest BCUT2D eigenvalue weighted by atomic mass is 10.9. The summed E-state index contributed by atoms with van der Waals surface area (Å²) in [7, 11) is 0. The number of hydrogen-bond donors (Lipinski definition) is 6. The van der Waals surface area contributed by atoms with Gasteiger partial charge in [-0.15, -0.1) is 0 Å². The number of nitriles is 3. The molecule has 0 fully saturated rings. The zero-order chi connectivity index (χ0) is 15.0. The molecular formula is C6H12N12. The molecule has 12 nitrogen and oxygen atoms in total. The van der Waals surface area contributed by atoms with Crippen molar-refractivity contribution in [2.45, 2.75) is 0 Å². The zero-order valence-electron chi connectivity index (χ0n) is 9.15. The van der Waals surface area contributed by atoms with Crippen LogP contribution in [0.4, 0.5) is 17.8 Å². The third-order valence-corrected chi connectivity index (χ3v) is 0.687. The van der Waals surface area contributed by atoms with Crippen molar-refractivity contribution in [1.82, 2.24) is 15.0 Å². The van der Waals surface area contributed by atoms with Crippen molar-refractivity contribution < 1.29 is 0 Å². The summed E-state index contributed by atoms with van der Waals surface area (Å²) in [5.74, 6) is 0.125. The molecule has 0 aliphatic rings. The second-order valence-corrected chi connectivity index (χ2v) is 1.80. The molecule has 1 aromatic heterocycles. The molecule has 18 heavy (non-hydrogen) atoms. The molecule has 0 saturated carbocycles. The van der Waals surface area contributed by atoms with Gasteiger partial charge < -0.3 is 34.4 Å². The third-order valence-electron chi connectivity index (χ3n) is 0.687. The van der Waals surface area contributed by atoms with Gasteiger partial charge in [-0.3, -0.25) is 0 Å². The molecular weight excluding hydrogens is 240 g/mol. The second-order valence-electron chi connectivity index (χ2n) is 1.80. The van der Waals surface area contributed by atoms with E-state index >= 15 is 0 Å². The molecule has 0 radical (unpaired) electrons. The third kappa shape index (κ3) is 22.8. The predicted octanol–water partition coefficient (Wildman–Crippen LogP) is -3.10. The van der Waals surface area contributed by atoms with Crippen molar-refractivity contribution in [3.8, 4) is 18.6 Å². The maximum atomic E-state index is 7.10. The Balaban J connectivity index is -0.000000210. The molecule has 0 bridgehead atoms. The van der Waals surface area contributed by atoms with Gasteiger partial charge in [0.25, 0.3) is 0 Å². The Kier molecular flexibility index (Phi) is 17.3. The second kappa shape index (κ2) is 15.7. The molecule has 0 aliphatic heterocycles. The van der Waals surface area contributed by atoms with Crippen LogP contribution in [0.25, 0.3) is 0 Å². The van der Waals surface area contributed by atoms with Gasteiger partial charge in [-0.25, -0.2) is 0 Å². The van der Waals surface area contributed by atoms with Crippen LogP contribution in [-0.4, -0.2) is 15.0 Å². The predicted molar refractivity (Wildman–Crippen MR) is 62.5 cm³/mol. The number of anilines is 3. The van der Waals surface area contributed by atoms with Crippen molar-refractivity contribution >= 4 is 17.8 Å². The fraction of sp³-hybridized carbons (Fsp3) is 0. The topological polar surface area (TPSA) is 266 Å². The van der Waals surface area contributed by atoms with Gasteiger partial charge in [-0.05, 0) is 0 Å². The Morgan fingerprint density at radius 1 is 0.611 bits per heavy atom. The van der Waals surface area contributed by atoms with E-state index in [9.17, 15) is 0 Å². The van der Waals surface area contributed by atoms with Gasteiger partial charge in [0, 0.05) is 0 Å². The molecule has 1 aromatic rings. The number of hydrogen-bond acceptors (Lipinski definition) is 12. The fourth-order valence-corrected chi connectivity index (χ4v) is 0.427. The molecule has 1 heterocycles. The minimum absolute atomic E-state index is 0.0417. The number of aromatic nitrogens is 3. The van der Waals surface area contributed by atoms with E-state index < -0.39 is 0 Å². The first-order valence-electron chi connectivity index (χ1n) is 3.74. The van der Waals surface area contributed by atoms with Crippen LogP contribution in [-0.2, 0) is 0 Å². The standard InChI is InChI=1S/C3H6N6.3CH2N2/c4-1-7-2(5)9-3(6)8-1;3*2-1-3/h(H6,4,5,6,7,8,9);3*2H2. The van der Waals surface area contributed by atoms with Crippen molar-refractivity contribution in [1.29, 1.82) is 15.8 Å². The Morgan fingerprint density at radius 3 is 0.833 bits per heavy atom. The normalized spacial score (nSPS) is 5.83. The molecule has 0 aliphatic carbocycles. The lowest BCUT2D eigenvalue weighted by Gasteiger charge is -1.93. The first kappa shape index (κ1) is 19.8. The summed E-state index contributed by atoms with van der Waals surface area (Å²) in [6.07, 6.45) is 3.75. The van der Waals surface area contributed by atoms with Gasteiger partial charge in [-0.1, -0.05) is 0 Å². The summed E-state index contributed by atoms with van der Waals surface area (Å²) in [6.45, 7) is 0. The van der Waals surface area contributed by atoms with E-state index in [4.69, 9.17) is 33.0 Å². The highest BCUT2D eigenvalue weighted by Crippen LogP contribution is 1.97. The van der Waals surface area contributed by atoms with Crippen LogP contribution in [0.5, 0.6) is 0 Å². The van der Waals surface area contributed by atoms with Gasteiger partial charge in [0.05, 0.1) is 0 Å². The molecule has 96 valence electrons. The van der Waals surface area contributed by atoms with Crippen LogP contribution in [0, 0.1) is 34.4 Å². The molecule has 12 heteroatoms. The summed E-state index contributed by atoms with van der Waals surface area (Å²) in [5.41, 5.74) is 27.9. The Bertz CT molecular complexity index is 354. The van der Waals surface area contributed by atoms with Crippen molar-refractivity contribution in [3.05, 3.63) is 0 Å². The molecule has 0 unspecified atom stereocenters. The van der Waals surface area contributed by atoms with E-state index in [-0.39, 0.29) is 17.8 Å². The van der Waals surface area contributed by atoms with E-state index in [0.29, 0.717) is 0 Å². The van der Waals surface area contributed by atoms with E-state index in [1.165, 1.54) is 18.6 Å². The largest absolute Gasteiger partial charge is 0.368 e. The maximum absolute atomic E-state index is 7.10. The average molecular weight is 252 g/mol. The van der Waals surface area contributed by atoms with Gasteiger partial charge in [0.15, 0.2) is 18.6 Å². The van der Waals surface area contributed by atoms with Crippen molar-refractivity contribution in [2.75, 3.05) is 17.2 Å². The minimum atomic E-state index is 0.0417. The van der Waals surface area contributed by atoms with Gasteiger partial charge in [-0.2, -0.15) is 30.7 Å². The summed E-state index contributed by atoms with van der Waals surface area (Å²) in [6, 6.07) is 0. The highest BCUT2D eigenvalue weighted by molar-refractivity contribution is 5.33. The van der Waals surface area contributed by atoms with Crippen LogP contribution in [0.2, 0.25) is 0 Å². The average Bonchev–Trinajstić information content (AvgIpc) is 2.18. The summed E-state index contributed by atoms with van der Waals surface area (Å²) >= 11 is 0. The number of rotatable bonds is 0. The molecule has 0 amide bonds. The number of nitrogens with two attached hydrogens (primary N) is 6. The Hall–Kier alpha value is -3.72. The maximum Gasteiger partial charge on any atom is 0.226 e. The number of nitrogen functional groups attached to an aromatic ring is 3. The summed E-state index contributed by atoms with van der Waals surface area (Å²) in [5, 5.41) is 21.3. The Labute approximate surface area is 102 Å². The molecule has 0 spiro atoms. The lowest BCUT2D eigenvalue weighted by molar-refractivity contribution is 1.09. The van der Waals surface area contributed by atoms with Crippen LogP contribution in [0.3, 0.4) is 0 Å². The zero-order valence-corrected chi connectivity index (χ0v) is 9.15. The van der Waals surface area contributed by atoms with Crippen LogP contribution in [0.1, 0.15) is 0 Å². The molecule has 1 rings (SSSR count). The van der Waals surface area contributed by atoms with E-state index in [2.05, 4.69) is 32.2 Å². The smallest absolute Gasteiger partial charge is 0.226 e. The van der Waals surface area contributed by atoms with Crippen molar-refractivity contribution in [2.24, 2.45) is 17.2 Å². The van der Waals surface area contributed by atoms with E-state index in [1.807, 2.05) is 0 Å². The summed E-state index contributed by atoms with van der Waals surface area (Å²) < 4.78 is 0. The molecule has 0 atom stereocenters. The molecule has 0 saturated heterocycles.